The van der Waals surface area contributed by atoms with Crippen molar-refractivity contribution < 1.29 is 17.9 Å². The molecule has 2 aromatic rings. The van der Waals surface area contributed by atoms with Gasteiger partial charge < -0.3 is 10.1 Å². The molecule has 0 aliphatic carbocycles. The lowest BCUT2D eigenvalue weighted by molar-refractivity contribution is -0.117. The van der Waals surface area contributed by atoms with Gasteiger partial charge >= 0.3 is 0 Å². The Morgan fingerprint density at radius 1 is 1.17 bits per heavy atom. The van der Waals surface area contributed by atoms with Crippen LogP contribution in [0.4, 0.5) is 5.69 Å². The summed E-state index contributed by atoms with van der Waals surface area (Å²) in [5.74, 6) is 0.430. The third-order valence-corrected chi connectivity index (χ3v) is 7.80. The number of nitrogens with zero attached hydrogens (tertiary/aromatic N) is 1. The van der Waals surface area contributed by atoms with E-state index in [2.05, 4.69) is 5.32 Å². The zero-order valence-electron chi connectivity index (χ0n) is 16.6. The molecule has 3 rings (SSSR count). The van der Waals surface area contributed by atoms with Crippen LogP contribution in [0.3, 0.4) is 0 Å². The Bertz CT molecular complexity index is 945. The fourth-order valence-corrected chi connectivity index (χ4v) is 5.79. The van der Waals surface area contributed by atoms with Gasteiger partial charge in [-0.05, 0) is 55.5 Å². The third-order valence-electron chi connectivity index (χ3n) is 5.04. The van der Waals surface area contributed by atoms with Crippen LogP contribution in [0.15, 0.2) is 58.3 Å². The molecule has 0 bridgehead atoms. The van der Waals surface area contributed by atoms with Crippen LogP contribution in [0, 0.1) is 0 Å². The number of nitrogens with one attached hydrogen (secondary N) is 1. The number of ether oxygens (including phenoxy) is 1. The van der Waals surface area contributed by atoms with E-state index in [1.165, 1.54) is 11.4 Å². The maximum absolute atomic E-state index is 13.2. The van der Waals surface area contributed by atoms with Crippen LogP contribution in [0.25, 0.3) is 0 Å². The summed E-state index contributed by atoms with van der Waals surface area (Å²) in [5, 5.41) is 2.94. The zero-order valence-corrected chi connectivity index (χ0v) is 18.3. The van der Waals surface area contributed by atoms with E-state index < -0.39 is 10.0 Å². The lowest BCUT2D eigenvalue weighted by atomic mass is 10.0. The lowest BCUT2D eigenvalue weighted by Crippen LogP contribution is -2.45. The van der Waals surface area contributed by atoms with Crippen molar-refractivity contribution >= 4 is 33.4 Å². The molecule has 1 aliphatic heterocycles. The number of hydrogen-bond acceptors (Lipinski definition) is 5. The van der Waals surface area contributed by atoms with Crippen LogP contribution in [0.2, 0.25) is 0 Å². The molecule has 1 amide bonds. The smallest absolute Gasteiger partial charge is 0.243 e. The average molecular weight is 435 g/mol. The molecule has 1 saturated heterocycles. The summed E-state index contributed by atoms with van der Waals surface area (Å²) in [6.45, 7) is 0.424. The Morgan fingerprint density at radius 2 is 1.90 bits per heavy atom. The number of methoxy groups -OCH3 is 1. The van der Waals surface area contributed by atoms with Crippen molar-refractivity contribution in [2.24, 2.45) is 0 Å². The van der Waals surface area contributed by atoms with Crippen LogP contribution in [-0.4, -0.2) is 44.6 Å². The van der Waals surface area contributed by atoms with Crippen molar-refractivity contribution in [1.29, 1.82) is 0 Å². The second-order valence-corrected chi connectivity index (χ2v) is 9.63. The molecular weight excluding hydrogens is 408 g/mol. The van der Waals surface area contributed by atoms with Crippen LogP contribution in [0.1, 0.15) is 25.7 Å². The van der Waals surface area contributed by atoms with Crippen LogP contribution in [-0.2, 0) is 14.8 Å². The van der Waals surface area contributed by atoms with Gasteiger partial charge in [-0.25, -0.2) is 8.42 Å². The molecule has 0 spiro atoms. The summed E-state index contributed by atoms with van der Waals surface area (Å²) < 4.78 is 33.0. The van der Waals surface area contributed by atoms with E-state index in [1.807, 2.05) is 30.5 Å². The van der Waals surface area contributed by atoms with Gasteiger partial charge in [-0.3, -0.25) is 4.79 Å². The highest BCUT2D eigenvalue weighted by Crippen LogP contribution is 2.29. The fraction of sp³-hybridized carbons (Fsp3) is 0.381. The molecule has 0 saturated carbocycles. The first-order valence-electron chi connectivity index (χ1n) is 9.54. The van der Waals surface area contributed by atoms with Gasteiger partial charge in [0, 0.05) is 23.9 Å². The van der Waals surface area contributed by atoms with E-state index in [4.69, 9.17) is 4.74 Å². The summed E-state index contributed by atoms with van der Waals surface area (Å²) in [6, 6.07) is 13.6. The highest BCUT2D eigenvalue weighted by atomic mass is 32.2. The molecule has 1 atom stereocenters. The SMILES string of the molecule is COc1ccc(S(=O)(=O)N2CCCCC2CC(=O)Nc2ccccc2SC)cc1. The van der Waals surface area contributed by atoms with Crippen LogP contribution in [0.5, 0.6) is 5.75 Å². The molecule has 0 aromatic heterocycles. The number of benzene rings is 2. The first-order chi connectivity index (χ1) is 14.0. The molecule has 8 heteroatoms. The Hall–Kier alpha value is -2.03. The largest absolute Gasteiger partial charge is 0.497 e. The second kappa shape index (κ2) is 9.65. The summed E-state index contributed by atoms with van der Waals surface area (Å²) in [4.78, 5) is 13.9. The molecule has 1 heterocycles. The summed E-state index contributed by atoms with van der Waals surface area (Å²) >= 11 is 1.56. The topological polar surface area (TPSA) is 75.7 Å². The normalized spacial score (nSPS) is 17.7. The van der Waals surface area contributed by atoms with Gasteiger partial charge in [0.25, 0.3) is 0 Å². The van der Waals surface area contributed by atoms with Gasteiger partial charge in [-0.2, -0.15) is 4.31 Å². The van der Waals surface area contributed by atoms with Crippen molar-refractivity contribution in [1.82, 2.24) is 4.31 Å². The van der Waals surface area contributed by atoms with Gasteiger partial charge in [0.15, 0.2) is 0 Å². The van der Waals surface area contributed by atoms with E-state index >= 15 is 0 Å². The molecule has 1 unspecified atom stereocenters. The van der Waals surface area contributed by atoms with Gasteiger partial charge in [-0.1, -0.05) is 18.6 Å². The zero-order chi connectivity index (χ0) is 20.9. The van der Waals surface area contributed by atoms with E-state index in [0.29, 0.717) is 18.7 Å². The third kappa shape index (κ3) is 5.12. The Morgan fingerprint density at radius 3 is 2.59 bits per heavy atom. The highest BCUT2D eigenvalue weighted by molar-refractivity contribution is 7.98. The van der Waals surface area contributed by atoms with Gasteiger partial charge in [-0.15, -0.1) is 11.8 Å². The molecule has 6 nitrogen and oxygen atoms in total. The number of piperidine rings is 1. The number of sulfonamides is 1. The predicted molar refractivity (Wildman–Crippen MR) is 116 cm³/mol. The van der Waals surface area contributed by atoms with E-state index in [9.17, 15) is 13.2 Å². The van der Waals surface area contributed by atoms with E-state index in [-0.39, 0.29) is 23.3 Å². The molecule has 1 N–H and O–H groups in total. The second-order valence-electron chi connectivity index (χ2n) is 6.89. The van der Waals surface area contributed by atoms with Crippen LogP contribution < -0.4 is 10.1 Å². The van der Waals surface area contributed by atoms with E-state index in [0.717, 1.165) is 23.4 Å². The number of rotatable bonds is 7. The Kier molecular flexibility index (Phi) is 7.21. The molecule has 29 heavy (non-hydrogen) atoms. The summed E-state index contributed by atoms with van der Waals surface area (Å²) in [5.41, 5.74) is 0.755. The monoisotopic (exact) mass is 434 g/mol. The van der Waals surface area contributed by atoms with Crippen LogP contribution >= 0.6 is 11.8 Å². The van der Waals surface area contributed by atoms with Gasteiger partial charge in [0.2, 0.25) is 15.9 Å². The molecule has 156 valence electrons. The minimum Gasteiger partial charge on any atom is -0.497 e. The highest BCUT2D eigenvalue weighted by Gasteiger charge is 2.34. The van der Waals surface area contributed by atoms with Gasteiger partial charge in [0.05, 0.1) is 17.7 Å². The van der Waals surface area contributed by atoms with Crippen molar-refractivity contribution in [3.05, 3.63) is 48.5 Å². The number of carbonyl (C=O) groups is 1. The number of para-hydroxylation sites is 1. The standard InChI is InChI=1S/C21H26N2O4S2/c1-27-17-10-12-18(13-11-17)29(25,26)23-14-6-5-7-16(23)15-21(24)22-19-8-3-4-9-20(19)28-2/h3-4,8-13,16H,5-7,14-15H2,1-2H3,(H,22,24). The maximum atomic E-state index is 13.2. The number of hydrogen-bond donors (Lipinski definition) is 1. The molecular formula is C21H26N2O4S2. The number of carbonyl (C=O) groups excluding carboxylic acids is 1. The molecule has 1 aliphatic rings. The molecule has 1 fully saturated rings. The first kappa shape index (κ1) is 21.7. The number of amides is 1. The summed E-state index contributed by atoms with van der Waals surface area (Å²) in [6.07, 6.45) is 4.47. The van der Waals surface area contributed by atoms with Crippen molar-refractivity contribution in [2.75, 3.05) is 25.2 Å². The number of thioether (sulfide) groups is 1. The fourth-order valence-electron chi connectivity index (χ4n) is 3.54. The molecule has 0 radical (unpaired) electrons. The van der Waals surface area contributed by atoms with Gasteiger partial charge in [0.1, 0.15) is 5.75 Å². The number of anilines is 1. The summed E-state index contributed by atoms with van der Waals surface area (Å²) in [7, 11) is -2.13. The molecule has 2 aromatic carbocycles. The minimum atomic E-state index is -3.67. The Labute approximate surface area is 176 Å². The van der Waals surface area contributed by atoms with Crippen molar-refractivity contribution in [2.45, 2.75) is 41.5 Å². The average Bonchev–Trinajstić information content (AvgIpc) is 2.74. The van der Waals surface area contributed by atoms with Crippen molar-refractivity contribution in [3.63, 3.8) is 0 Å². The first-order valence-corrected chi connectivity index (χ1v) is 12.2. The van der Waals surface area contributed by atoms with E-state index in [1.54, 1.807) is 36.0 Å². The quantitative estimate of drug-likeness (QED) is 0.667. The lowest BCUT2D eigenvalue weighted by Gasteiger charge is -2.34. The predicted octanol–water partition coefficient (Wildman–Crippen LogP) is 3.99. The maximum Gasteiger partial charge on any atom is 0.243 e. The van der Waals surface area contributed by atoms with Crippen molar-refractivity contribution in [3.8, 4) is 5.75 Å². The minimum absolute atomic E-state index is 0.137. The Balaban J connectivity index is 1.75.